The molecule has 0 aliphatic carbocycles. The molecule has 0 aromatic heterocycles. The Morgan fingerprint density at radius 3 is 1.96 bits per heavy atom. The van der Waals surface area contributed by atoms with Crippen molar-refractivity contribution in [2.24, 2.45) is 0 Å². The molecule has 3 aromatic carbocycles. The minimum absolute atomic E-state index is 0.268. The van der Waals surface area contributed by atoms with Gasteiger partial charge in [0.2, 0.25) is 0 Å². The van der Waals surface area contributed by atoms with Gasteiger partial charge in [0.1, 0.15) is 0 Å². The zero-order chi connectivity index (χ0) is 19.5. The molecule has 0 bridgehead atoms. The van der Waals surface area contributed by atoms with Gasteiger partial charge in [0.15, 0.2) is 0 Å². The van der Waals surface area contributed by atoms with Crippen LogP contribution in [0.3, 0.4) is 0 Å². The number of nitrogens with zero attached hydrogens (tertiary/aromatic N) is 1. The molecule has 2 nitrogen and oxygen atoms in total. The molecule has 1 unspecified atom stereocenters. The molecule has 3 aromatic rings. The van der Waals surface area contributed by atoms with E-state index in [2.05, 4.69) is 90.7 Å². The molecule has 1 heterocycles. The molecule has 4 rings (SSSR count). The van der Waals surface area contributed by atoms with E-state index < -0.39 is 0 Å². The fourth-order valence-corrected chi connectivity index (χ4v) is 4.72. The topological polar surface area (TPSA) is 23.5 Å². The van der Waals surface area contributed by atoms with Crippen molar-refractivity contribution in [2.45, 2.75) is 26.4 Å². The summed E-state index contributed by atoms with van der Waals surface area (Å²) in [6.45, 7) is 4.20. The summed E-state index contributed by atoms with van der Waals surface area (Å²) in [4.78, 5) is 3.59. The maximum Gasteiger partial charge on any atom is 0.0631 e. The van der Waals surface area contributed by atoms with Gasteiger partial charge in [-0.15, -0.1) is 11.8 Å². The van der Waals surface area contributed by atoms with E-state index >= 15 is 0 Å². The Morgan fingerprint density at radius 2 is 1.39 bits per heavy atom. The SMILES string of the molecule is CCC(O)CSC(C)=C1c2ccccc2N(c2ccccc2)c2ccccc21. The van der Waals surface area contributed by atoms with Crippen molar-refractivity contribution >= 4 is 34.4 Å². The summed E-state index contributed by atoms with van der Waals surface area (Å²) in [5.41, 5.74) is 7.29. The van der Waals surface area contributed by atoms with Crippen molar-refractivity contribution in [2.75, 3.05) is 10.7 Å². The van der Waals surface area contributed by atoms with Gasteiger partial charge in [-0.2, -0.15) is 0 Å². The Bertz CT molecular complexity index is 947. The smallest absolute Gasteiger partial charge is 0.0631 e. The molecule has 1 aliphatic heterocycles. The molecule has 1 atom stereocenters. The maximum absolute atomic E-state index is 10.0. The lowest BCUT2D eigenvalue weighted by Gasteiger charge is -2.35. The van der Waals surface area contributed by atoms with Crippen LogP contribution in [0.2, 0.25) is 0 Å². The van der Waals surface area contributed by atoms with Crippen LogP contribution in [0.25, 0.3) is 5.57 Å². The Hall–Kier alpha value is -2.49. The average molecular weight is 388 g/mol. The second kappa shape index (κ2) is 8.26. The van der Waals surface area contributed by atoms with Crippen LogP contribution in [0.15, 0.2) is 83.8 Å². The molecule has 0 radical (unpaired) electrons. The van der Waals surface area contributed by atoms with Gasteiger partial charge in [-0.3, -0.25) is 0 Å². The summed E-state index contributed by atoms with van der Waals surface area (Å²) in [5.74, 6) is 0.721. The molecule has 0 saturated heterocycles. The summed E-state index contributed by atoms with van der Waals surface area (Å²) in [6, 6.07) is 27.7. The van der Waals surface area contributed by atoms with Gasteiger partial charge in [0.05, 0.1) is 17.5 Å². The predicted octanol–water partition coefficient (Wildman–Crippen LogP) is 6.75. The number of rotatable bonds is 5. The molecule has 0 fully saturated rings. The van der Waals surface area contributed by atoms with Crippen molar-refractivity contribution < 1.29 is 5.11 Å². The standard InChI is InChI=1S/C25H25NOS/c1-3-20(27)17-28-18(2)25-21-13-7-9-15-23(21)26(19-11-5-4-6-12-19)24-16-10-8-14-22(24)25/h4-16,20,27H,3,17H2,1-2H3. The Balaban J connectivity index is 1.90. The van der Waals surface area contributed by atoms with Gasteiger partial charge in [0.25, 0.3) is 0 Å². The first-order valence-corrected chi connectivity index (χ1v) is 10.7. The van der Waals surface area contributed by atoms with Gasteiger partial charge in [-0.25, -0.2) is 0 Å². The normalized spacial score (nSPS) is 13.7. The number of thioether (sulfide) groups is 1. The van der Waals surface area contributed by atoms with E-state index in [9.17, 15) is 5.11 Å². The van der Waals surface area contributed by atoms with E-state index in [-0.39, 0.29) is 6.10 Å². The molecule has 0 saturated carbocycles. The molecular formula is C25H25NOS. The lowest BCUT2D eigenvalue weighted by Crippen LogP contribution is -2.18. The highest BCUT2D eigenvalue weighted by molar-refractivity contribution is 8.03. The van der Waals surface area contributed by atoms with Crippen LogP contribution in [0.4, 0.5) is 17.1 Å². The first-order chi connectivity index (χ1) is 13.7. The number of para-hydroxylation sites is 3. The van der Waals surface area contributed by atoms with Gasteiger partial charge >= 0.3 is 0 Å². The average Bonchev–Trinajstić information content (AvgIpc) is 2.76. The van der Waals surface area contributed by atoms with Crippen molar-refractivity contribution in [3.05, 3.63) is 94.9 Å². The van der Waals surface area contributed by atoms with E-state index in [1.165, 1.54) is 33.0 Å². The van der Waals surface area contributed by atoms with Gasteiger partial charge in [0, 0.05) is 28.1 Å². The van der Waals surface area contributed by atoms with Crippen molar-refractivity contribution in [1.82, 2.24) is 0 Å². The molecule has 1 N–H and O–H groups in total. The quantitative estimate of drug-likeness (QED) is 0.409. The number of benzene rings is 3. The minimum atomic E-state index is -0.268. The Labute approximate surface area is 171 Å². The van der Waals surface area contributed by atoms with E-state index in [1.807, 2.05) is 6.92 Å². The Kier molecular flexibility index (Phi) is 5.56. The zero-order valence-electron chi connectivity index (χ0n) is 16.3. The maximum atomic E-state index is 10.0. The number of hydrogen-bond donors (Lipinski definition) is 1. The van der Waals surface area contributed by atoms with Crippen molar-refractivity contribution in [3.63, 3.8) is 0 Å². The molecule has 0 spiro atoms. The lowest BCUT2D eigenvalue weighted by atomic mass is 9.89. The first kappa shape index (κ1) is 18.9. The number of aliphatic hydroxyl groups is 1. The fourth-order valence-electron chi connectivity index (χ4n) is 3.68. The molecule has 3 heteroatoms. The van der Waals surface area contributed by atoms with Crippen LogP contribution in [0, 0.1) is 0 Å². The zero-order valence-corrected chi connectivity index (χ0v) is 17.1. The number of anilines is 3. The third kappa shape index (κ3) is 3.48. The largest absolute Gasteiger partial charge is 0.392 e. The number of allylic oxidation sites excluding steroid dienone is 1. The second-order valence-electron chi connectivity index (χ2n) is 7.01. The van der Waals surface area contributed by atoms with Crippen molar-refractivity contribution in [3.8, 4) is 0 Å². The third-order valence-electron chi connectivity index (χ3n) is 5.16. The predicted molar refractivity (Wildman–Crippen MR) is 122 cm³/mol. The van der Waals surface area contributed by atoms with Crippen LogP contribution >= 0.6 is 11.8 Å². The Morgan fingerprint density at radius 1 is 0.857 bits per heavy atom. The van der Waals surface area contributed by atoms with Crippen LogP contribution in [-0.2, 0) is 0 Å². The molecule has 1 aliphatic rings. The van der Waals surface area contributed by atoms with Gasteiger partial charge in [-0.1, -0.05) is 61.5 Å². The van der Waals surface area contributed by atoms with Crippen LogP contribution in [-0.4, -0.2) is 17.0 Å². The lowest BCUT2D eigenvalue weighted by molar-refractivity contribution is 0.195. The summed E-state index contributed by atoms with van der Waals surface area (Å²) < 4.78 is 0. The third-order valence-corrected chi connectivity index (χ3v) is 6.35. The molecular weight excluding hydrogens is 362 g/mol. The van der Waals surface area contributed by atoms with Gasteiger partial charge in [-0.05, 0) is 42.5 Å². The number of fused-ring (bicyclic) bond motifs is 2. The molecule has 142 valence electrons. The van der Waals surface area contributed by atoms with E-state index in [0.717, 1.165) is 17.9 Å². The van der Waals surface area contributed by atoms with E-state index in [0.29, 0.717) is 0 Å². The van der Waals surface area contributed by atoms with Crippen molar-refractivity contribution in [1.29, 1.82) is 0 Å². The highest BCUT2D eigenvalue weighted by Crippen LogP contribution is 2.50. The van der Waals surface area contributed by atoms with E-state index in [1.54, 1.807) is 11.8 Å². The highest BCUT2D eigenvalue weighted by atomic mass is 32.2. The summed E-state index contributed by atoms with van der Waals surface area (Å²) in [6.07, 6.45) is 0.514. The minimum Gasteiger partial charge on any atom is -0.392 e. The molecule has 0 amide bonds. The van der Waals surface area contributed by atoms with E-state index in [4.69, 9.17) is 0 Å². The molecule has 28 heavy (non-hydrogen) atoms. The summed E-state index contributed by atoms with van der Waals surface area (Å²) in [7, 11) is 0. The monoisotopic (exact) mass is 387 g/mol. The summed E-state index contributed by atoms with van der Waals surface area (Å²) >= 11 is 1.75. The second-order valence-corrected chi connectivity index (χ2v) is 8.24. The van der Waals surface area contributed by atoms with Crippen LogP contribution < -0.4 is 4.90 Å². The number of aliphatic hydroxyl groups excluding tert-OH is 1. The first-order valence-electron chi connectivity index (χ1n) is 9.76. The van der Waals surface area contributed by atoms with Gasteiger partial charge < -0.3 is 10.0 Å². The van der Waals surface area contributed by atoms with Crippen LogP contribution in [0.5, 0.6) is 0 Å². The van der Waals surface area contributed by atoms with Crippen LogP contribution in [0.1, 0.15) is 31.4 Å². The summed E-state index contributed by atoms with van der Waals surface area (Å²) in [5, 5.41) is 10.0. The number of hydrogen-bond acceptors (Lipinski definition) is 3. The fraction of sp³-hybridized carbons (Fsp3) is 0.200. The highest BCUT2D eigenvalue weighted by Gasteiger charge is 2.28.